The summed E-state index contributed by atoms with van der Waals surface area (Å²) in [6.45, 7) is 1.98. The Labute approximate surface area is 117 Å². The van der Waals surface area contributed by atoms with Crippen LogP contribution in [0.3, 0.4) is 0 Å². The van der Waals surface area contributed by atoms with E-state index < -0.39 is 0 Å². The third-order valence-electron chi connectivity index (χ3n) is 3.04. The van der Waals surface area contributed by atoms with E-state index in [2.05, 4.69) is 15.0 Å². The average Bonchev–Trinajstić information content (AvgIpc) is 2.48. The first kappa shape index (κ1) is 12.3. The second-order valence-corrected chi connectivity index (χ2v) is 4.54. The summed E-state index contributed by atoms with van der Waals surface area (Å²) in [5.41, 5.74) is 9.51. The number of hydrogen-bond acceptors (Lipinski definition) is 4. The molecule has 0 saturated carbocycles. The van der Waals surface area contributed by atoms with Crippen LogP contribution in [0.1, 0.15) is 5.56 Å². The Hall–Kier alpha value is -2.75. The number of anilines is 1. The lowest BCUT2D eigenvalue weighted by Crippen LogP contribution is -2.00. The highest BCUT2D eigenvalue weighted by Gasteiger charge is 2.10. The standard InChI is InChI=1S/C16H14N4/c1-11-6-5-9-18-15(11)16-19-13(10-14(17)20-16)12-7-3-2-4-8-12/h2-10H,1H3,(H2,17,19,20). The van der Waals surface area contributed by atoms with Gasteiger partial charge in [0.15, 0.2) is 5.82 Å². The summed E-state index contributed by atoms with van der Waals surface area (Å²) in [7, 11) is 0. The molecule has 4 heteroatoms. The van der Waals surface area contributed by atoms with Gasteiger partial charge in [0.25, 0.3) is 0 Å². The molecular formula is C16H14N4. The van der Waals surface area contributed by atoms with Crippen LogP contribution in [0.25, 0.3) is 22.8 Å². The topological polar surface area (TPSA) is 64.7 Å². The molecule has 0 unspecified atom stereocenters. The number of nitrogen functional groups attached to an aromatic ring is 1. The second-order valence-electron chi connectivity index (χ2n) is 4.54. The van der Waals surface area contributed by atoms with E-state index >= 15 is 0 Å². The van der Waals surface area contributed by atoms with E-state index in [9.17, 15) is 0 Å². The molecule has 0 amide bonds. The van der Waals surface area contributed by atoms with Crippen molar-refractivity contribution in [3.05, 3.63) is 60.3 Å². The van der Waals surface area contributed by atoms with Gasteiger partial charge in [0.1, 0.15) is 11.5 Å². The summed E-state index contributed by atoms with van der Waals surface area (Å²) in [6.07, 6.45) is 1.73. The van der Waals surface area contributed by atoms with Crippen molar-refractivity contribution in [1.29, 1.82) is 0 Å². The Morgan fingerprint density at radius 2 is 1.75 bits per heavy atom. The van der Waals surface area contributed by atoms with Crippen LogP contribution in [0.15, 0.2) is 54.7 Å². The van der Waals surface area contributed by atoms with Crippen LogP contribution in [0, 0.1) is 6.92 Å². The highest BCUT2D eigenvalue weighted by Crippen LogP contribution is 2.23. The van der Waals surface area contributed by atoms with E-state index in [1.807, 2.05) is 49.4 Å². The van der Waals surface area contributed by atoms with Gasteiger partial charge >= 0.3 is 0 Å². The Morgan fingerprint density at radius 1 is 0.950 bits per heavy atom. The Kier molecular flexibility index (Phi) is 3.13. The Bertz CT molecular complexity index is 738. The average molecular weight is 262 g/mol. The van der Waals surface area contributed by atoms with Gasteiger partial charge in [-0.3, -0.25) is 4.98 Å². The van der Waals surface area contributed by atoms with Crippen molar-refractivity contribution in [3.8, 4) is 22.8 Å². The smallest absolute Gasteiger partial charge is 0.181 e. The molecule has 98 valence electrons. The largest absolute Gasteiger partial charge is 0.384 e. The van der Waals surface area contributed by atoms with Crippen LogP contribution in [0.5, 0.6) is 0 Å². The van der Waals surface area contributed by atoms with Crippen LogP contribution in [-0.2, 0) is 0 Å². The van der Waals surface area contributed by atoms with E-state index in [0.29, 0.717) is 11.6 Å². The van der Waals surface area contributed by atoms with Gasteiger partial charge in [-0.2, -0.15) is 0 Å². The first-order valence-electron chi connectivity index (χ1n) is 6.36. The van der Waals surface area contributed by atoms with E-state index in [1.165, 1.54) is 0 Å². The fraction of sp³-hybridized carbons (Fsp3) is 0.0625. The summed E-state index contributed by atoms with van der Waals surface area (Å²) >= 11 is 0. The summed E-state index contributed by atoms with van der Waals surface area (Å²) in [5.74, 6) is 1.00. The van der Waals surface area contributed by atoms with Gasteiger partial charge in [0.2, 0.25) is 0 Å². The maximum absolute atomic E-state index is 5.91. The molecule has 0 spiro atoms. The number of benzene rings is 1. The maximum atomic E-state index is 5.91. The molecule has 4 nitrogen and oxygen atoms in total. The first-order valence-corrected chi connectivity index (χ1v) is 6.36. The number of nitrogens with two attached hydrogens (primary N) is 1. The third kappa shape index (κ3) is 2.36. The third-order valence-corrected chi connectivity index (χ3v) is 3.04. The molecule has 3 aromatic rings. The van der Waals surface area contributed by atoms with Gasteiger partial charge in [-0.05, 0) is 18.6 Å². The lowest BCUT2D eigenvalue weighted by atomic mass is 10.1. The molecule has 0 aliphatic rings. The molecule has 0 fully saturated rings. The molecule has 2 N–H and O–H groups in total. The number of aryl methyl sites for hydroxylation is 1. The zero-order valence-corrected chi connectivity index (χ0v) is 11.1. The molecule has 1 aromatic carbocycles. The minimum Gasteiger partial charge on any atom is -0.384 e. The molecule has 0 aliphatic carbocycles. The molecule has 0 aliphatic heterocycles. The number of pyridine rings is 1. The summed E-state index contributed by atoms with van der Waals surface area (Å²) in [5, 5.41) is 0. The van der Waals surface area contributed by atoms with Gasteiger partial charge in [-0.15, -0.1) is 0 Å². The fourth-order valence-corrected chi connectivity index (χ4v) is 2.05. The van der Waals surface area contributed by atoms with Crippen molar-refractivity contribution < 1.29 is 0 Å². The zero-order valence-electron chi connectivity index (χ0n) is 11.1. The predicted molar refractivity (Wildman–Crippen MR) is 79.8 cm³/mol. The van der Waals surface area contributed by atoms with Crippen molar-refractivity contribution in [2.75, 3.05) is 5.73 Å². The number of aromatic nitrogens is 3. The lowest BCUT2D eigenvalue weighted by molar-refractivity contribution is 1.13. The quantitative estimate of drug-likeness (QED) is 0.770. The number of rotatable bonds is 2. The molecule has 0 saturated heterocycles. The normalized spacial score (nSPS) is 10.4. The Morgan fingerprint density at radius 3 is 2.50 bits per heavy atom. The van der Waals surface area contributed by atoms with Crippen molar-refractivity contribution in [3.63, 3.8) is 0 Å². The van der Waals surface area contributed by atoms with E-state index in [0.717, 1.165) is 22.5 Å². The minimum atomic E-state index is 0.443. The zero-order chi connectivity index (χ0) is 13.9. The van der Waals surface area contributed by atoms with Gasteiger partial charge in [-0.1, -0.05) is 36.4 Å². The highest BCUT2D eigenvalue weighted by atomic mass is 15.0. The number of nitrogens with zero attached hydrogens (tertiary/aromatic N) is 3. The Balaban J connectivity index is 2.15. The SMILES string of the molecule is Cc1cccnc1-c1nc(N)cc(-c2ccccc2)n1. The molecule has 0 bridgehead atoms. The molecule has 2 aromatic heterocycles. The summed E-state index contributed by atoms with van der Waals surface area (Å²) in [4.78, 5) is 13.2. The van der Waals surface area contributed by atoms with Crippen LogP contribution >= 0.6 is 0 Å². The van der Waals surface area contributed by atoms with E-state index in [4.69, 9.17) is 5.73 Å². The van der Waals surface area contributed by atoms with Gasteiger partial charge < -0.3 is 5.73 Å². The second kappa shape index (κ2) is 5.09. The summed E-state index contributed by atoms with van der Waals surface area (Å²) in [6, 6.07) is 15.6. The van der Waals surface area contributed by atoms with Crippen LogP contribution < -0.4 is 5.73 Å². The van der Waals surface area contributed by atoms with Gasteiger partial charge in [0.05, 0.1) is 5.69 Å². The van der Waals surface area contributed by atoms with E-state index in [1.54, 1.807) is 12.3 Å². The molecule has 3 rings (SSSR count). The summed E-state index contributed by atoms with van der Waals surface area (Å²) < 4.78 is 0. The maximum Gasteiger partial charge on any atom is 0.181 e. The number of hydrogen-bond donors (Lipinski definition) is 1. The van der Waals surface area contributed by atoms with Crippen molar-refractivity contribution in [2.45, 2.75) is 6.92 Å². The molecule has 0 radical (unpaired) electrons. The van der Waals surface area contributed by atoms with Crippen LogP contribution in [-0.4, -0.2) is 15.0 Å². The van der Waals surface area contributed by atoms with Crippen molar-refractivity contribution in [1.82, 2.24) is 15.0 Å². The molecule has 2 heterocycles. The fourth-order valence-electron chi connectivity index (χ4n) is 2.05. The van der Waals surface area contributed by atoms with Gasteiger partial charge in [-0.25, -0.2) is 9.97 Å². The minimum absolute atomic E-state index is 0.443. The monoisotopic (exact) mass is 262 g/mol. The van der Waals surface area contributed by atoms with E-state index in [-0.39, 0.29) is 0 Å². The van der Waals surface area contributed by atoms with Crippen LogP contribution in [0.4, 0.5) is 5.82 Å². The lowest BCUT2D eigenvalue weighted by Gasteiger charge is -2.07. The van der Waals surface area contributed by atoms with Crippen molar-refractivity contribution >= 4 is 5.82 Å². The molecule has 20 heavy (non-hydrogen) atoms. The van der Waals surface area contributed by atoms with Crippen LogP contribution in [0.2, 0.25) is 0 Å². The highest BCUT2D eigenvalue weighted by molar-refractivity contribution is 5.66. The van der Waals surface area contributed by atoms with Gasteiger partial charge in [0, 0.05) is 17.8 Å². The predicted octanol–water partition coefficient (Wildman–Crippen LogP) is 3.10. The first-order chi connectivity index (χ1) is 9.74. The molecule has 0 atom stereocenters. The molecular weight excluding hydrogens is 248 g/mol. The van der Waals surface area contributed by atoms with Crippen molar-refractivity contribution in [2.24, 2.45) is 0 Å².